The van der Waals surface area contributed by atoms with Crippen LogP contribution in [-0.4, -0.2) is 24.8 Å². The van der Waals surface area contributed by atoms with Crippen LogP contribution in [0.4, 0.5) is 5.69 Å². The first kappa shape index (κ1) is 12.9. The van der Waals surface area contributed by atoms with E-state index in [-0.39, 0.29) is 6.10 Å². The highest BCUT2D eigenvalue weighted by Crippen LogP contribution is 2.26. The summed E-state index contributed by atoms with van der Waals surface area (Å²) in [6, 6.07) is 8.44. The molecule has 0 saturated heterocycles. The summed E-state index contributed by atoms with van der Waals surface area (Å²) < 4.78 is 1.12. The van der Waals surface area contributed by atoms with Gasteiger partial charge in [-0.2, -0.15) is 0 Å². The van der Waals surface area contributed by atoms with Crippen LogP contribution in [0.1, 0.15) is 25.7 Å². The number of aliphatic hydroxyl groups excluding tert-OH is 1. The number of benzene rings is 1. The van der Waals surface area contributed by atoms with Gasteiger partial charge in [0.2, 0.25) is 0 Å². The molecule has 1 saturated carbocycles. The maximum Gasteiger partial charge on any atom is 0.0540 e. The first-order valence-corrected chi connectivity index (χ1v) is 7.09. The van der Waals surface area contributed by atoms with Crippen LogP contribution in [0.15, 0.2) is 28.7 Å². The predicted octanol–water partition coefficient (Wildman–Crippen LogP) is 3.44. The molecule has 0 bridgehead atoms. The maximum atomic E-state index is 9.49. The van der Waals surface area contributed by atoms with Crippen LogP contribution in [0.5, 0.6) is 0 Å². The van der Waals surface area contributed by atoms with E-state index in [0.29, 0.717) is 0 Å². The molecule has 1 aromatic carbocycles. The number of halogens is 1. The van der Waals surface area contributed by atoms with Gasteiger partial charge in [0.15, 0.2) is 0 Å². The molecule has 0 spiro atoms. The largest absolute Gasteiger partial charge is 0.393 e. The molecule has 94 valence electrons. The average Bonchev–Trinajstić information content (AvgIpc) is 2.33. The van der Waals surface area contributed by atoms with Crippen LogP contribution < -0.4 is 4.90 Å². The third-order valence-corrected chi connectivity index (χ3v) is 4.14. The monoisotopic (exact) mass is 297 g/mol. The summed E-state index contributed by atoms with van der Waals surface area (Å²) in [7, 11) is 2.15. The fourth-order valence-corrected chi connectivity index (χ4v) is 2.78. The van der Waals surface area contributed by atoms with Crippen LogP contribution in [-0.2, 0) is 0 Å². The van der Waals surface area contributed by atoms with Crippen molar-refractivity contribution in [1.82, 2.24) is 0 Å². The highest BCUT2D eigenvalue weighted by Gasteiger charge is 2.20. The second kappa shape index (κ2) is 5.87. The zero-order valence-electron chi connectivity index (χ0n) is 10.3. The van der Waals surface area contributed by atoms with E-state index in [1.807, 2.05) is 0 Å². The topological polar surface area (TPSA) is 23.5 Å². The van der Waals surface area contributed by atoms with Crippen LogP contribution in [0, 0.1) is 5.92 Å². The van der Waals surface area contributed by atoms with Crippen LogP contribution in [0.2, 0.25) is 0 Å². The van der Waals surface area contributed by atoms with Crippen molar-refractivity contribution in [3.8, 4) is 0 Å². The Labute approximate surface area is 112 Å². The smallest absolute Gasteiger partial charge is 0.0540 e. The lowest BCUT2D eigenvalue weighted by molar-refractivity contribution is 0.110. The van der Waals surface area contributed by atoms with Gasteiger partial charge in [-0.05, 0) is 55.9 Å². The van der Waals surface area contributed by atoms with Crippen LogP contribution in [0.25, 0.3) is 0 Å². The Kier molecular flexibility index (Phi) is 4.46. The highest BCUT2D eigenvalue weighted by atomic mass is 79.9. The second-order valence-corrected chi connectivity index (χ2v) is 5.95. The molecular weight excluding hydrogens is 278 g/mol. The van der Waals surface area contributed by atoms with Gasteiger partial charge in [0, 0.05) is 23.8 Å². The molecule has 0 amide bonds. The Bertz CT molecular complexity index is 344. The molecule has 0 atom stereocenters. The van der Waals surface area contributed by atoms with Crippen molar-refractivity contribution in [3.05, 3.63) is 28.7 Å². The maximum absolute atomic E-state index is 9.49. The Balaban J connectivity index is 1.88. The summed E-state index contributed by atoms with van der Waals surface area (Å²) in [5, 5.41) is 9.49. The number of anilines is 1. The Morgan fingerprint density at radius 2 is 1.76 bits per heavy atom. The van der Waals surface area contributed by atoms with Gasteiger partial charge < -0.3 is 10.0 Å². The Hall–Kier alpha value is -0.540. The van der Waals surface area contributed by atoms with Crippen molar-refractivity contribution >= 4 is 21.6 Å². The van der Waals surface area contributed by atoms with Gasteiger partial charge in [0.25, 0.3) is 0 Å². The quantitative estimate of drug-likeness (QED) is 0.924. The minimum Gasteiger partial charge on any atom is -0.393 e. The normalized spacial score (nSPS) is 24.6. The van der Waals surface area contributed by atoms with Crippen molar-refractivity contribution < 1.29 is 5.11 Å². The van der Waals surface area contributed by atoms with Gasteiger partial charge in [-0.1, -0.05) is 15.9 Å². The molecule has 17 heavy (non-hydrogen) atoms. The number of hydrogen-bond acceptors (Lipinski definition) is 2. The van der Waals surface area contributed by atoms with E-state index in [0.717, 1.165) is 42.6 Å². The van der Waals surface area contributed by atoms with Crippen molar-refractivity contribution in [1.29, 1.82) is 0 Å². The molecule has 1 aliphatic rings. The van der Waals surface area contributed by atoms with Gasteiger partial charge in [0.1, 0.15) is 0 Å². The Morgan fingerprint density at radius 1 is 1.18 bits per heavy atom. The molecular formula is C14H20BrNO. The summed E-state index contributed by atoms with van der Waals surface area (Å²) >= 11 is 3.45. The number of nitrogens with zero attached hydrogens (tertiary/aromatic N) is 1. The van der Waals surface area contributed by atoms with E-state index in [4.69, 9.17) is 0 Å². The van der Waals surface area contributed by atoms with Crippen LogP contribution >= 0.6 is 15.9 Å². The van der Waals surface area contributed by atoms with Crippen molar-refractivity contribution in [3.63, 3.8) is 0 Å². The van der Waals surface area contributed by atoms with Crippen molar-refractivity contribution in [2.45, 2.75) is 31.8 Å². The molecule has 1 fully saturated rings. The minimum atomic E-state index is -0.0516. The number of rotatable bonds is 3. The summed E-state index contributed by atoms with van der Waals surface area (Å²) in [6.07, 6.45) is 4.20. The zero-order chi connectivity index (χ0) is 12.3. The zero-order valence-corrected chi connectivity index (χ0v) is 11.9. The number of hydrogen-bond donors (Lipinski definition) is 1. The summed E-state index contributed by atoms with van der Waals surface area (Å²) in [5.74, 6) is 0.729. The average molecular weight is 298 g/mol. The third-order valence-electron chi connectivity index (χ3n) is 3.62. The molecule has 2 rings (SSSR count). The molecule has 0 radical (unpaired) electrons. The SMILES string of the molecule is CN(CC1CCC(O)CC1)c1ccc(Br)cc1. The molecule has 1 N–H and O–H groups in total. The van der Waals surface area contributed by atoms with E-state index in [1.165, 1.54) is 5.69 Å². The van der Waals surface area contributed by atoms with E-state index < -0.39 is 0 Å². The van der Waals surface area contributed by atoms with Gasteiger partial charge >= 0.3 is 0 Å². The minimum absolute atomic E-state index is 0.0516. The molecule has 0 heterocycles. The van der Waals surface area contributed by atoms with Gasteiger partial charge in [0.05, 0.1) is 6.10 Å². The molecule has 2 nitrogen and oxygen atoms in total. The van der Waals surface area contributed by atoms with Gasteiger partial charge in [-0.25, -0.2) is 0 Å². The van der Waals surface area contributed by atoms with Crippen LogP contribution in [0.3, 0.4) is 0 Å². The van der Waals surface area contributed by atoms with Gasteiger partial charge in [-0.3, -0.25) is 0 Å². The first-order chi connectivity index (χ1) is 8.15. The molecule has 1 aromatic rings. The van der Waals surface area contributed by atoms with E-state index >= 15 is 0 Å². The van der Waals surface area contributed by atoms with E-state index in [1.54, 1.807) is 0 Å². The molecule has 0 aliphatic heterocycles. The lowest BCUT2D eigenvalue weighted by atomic mass is 9.87. The fraction of sp³-hybridized carbons (Fsp3) is 0.571. The standard InChI is InChI=1S/C14H20BrNO/c1-16(13-6-4-12(15)5-7-13)10-11-2-8-14(17)9-3-11/h4-7,11,14,17H,2-3,8-10H2,1H3. The lowest BCUT2D eigenvalue weighted by Crippen LogP contribution is -2.29. The summed E-state index contributed by atoms with van der Waals surface area (Å²) in [4.78, 5) is 2.31. The van der Waals surface area contributed by atoms with E-state index in [9.17, 15) is 5.11 Å². The number of aliphatic hydroxyl groups is 1. The van der Waals surface area contributed by atoms with E-state index in [2.05, 4.69) is 52.1 Å². The fourth-order valence-electron chi connectivity index (χ4n) is 2.52. The predicted molar refractivity (Wildman–Crippen MR) is 75.4 cm³/mol. The van der Waals surface area contributed by atoms with Crippen molar-refractivity contribution in [2.75, 3.05) is 18.5 Å². The first-order valence-electron chi connectivity index (χ1n) is 6.30. The highest BCUT2D eigenvalue weighted by molar-refractivity contribution is 9.10. The van der Waals surface area contributed by atoms with Crippen molar-refractivity contribution in [2.24, 2.45) is 5.92 Å². The molecule has 0 unspecified atom stereocenters. The lowest BCUT2D eigenvalue weighted by Gasteiger charge is -2.30. The third kappa shape index (κ3) is 3.71. The van der Waals surface area contributed by atoms with Gasteiger partial charge in [-0.15, -0.1) is 0 Å². The summed E-state index contributed by atoms with van der Waals surface area (Å²) in [5.41, 5.74) is 1.26. The summed E-state index contributed by atoms with van der Waals surface area (Å²) in [6.45, 7) is 1.09. The molecule has 0 aromatic heterocycles. The molecule has 3 heteroatoms. The second-order valence-electron chi connectivity index (χ2n) is 5.03. The Morgan fingerprint density at radius 3 is 2.35 bits per heavy atom. The molecule has 1 aliphatic carbocycles.